The normalized spacial score (nSPS) is 17.7. The van der Waals surface area contributed by atoms with Gasteiger partial charge in [-0.2, -0.15) is 0 Å². The number of methoxy groups -OCH3 is 1. The predicted octanol–water partition coefficient (Wildman–Crippen LogP) is 7.65. The quantitative estimate of drug-likeness (QED) is 0.398. The van der Waals surface area contributed by atoms with Crippen LogP contribution in [-0.2, 0) is 16.0 Å². The van der Waals surface area contributed by atoms with Crippen LogP contribution in [0.3, 0.4) is 0 Å². The molecule has 0 bridgehead atoms. The van der Waals surface area contributed by atoms with E-state index in [1.807, 2.05) is 49.4 Å². The van der Waals surface area contributed by atoms with Crippen LogP contribution in [0.5, 0.6) is 5.75 Å². The van der Waals surface area contributed by atoms with Crippen molar-refractivity contribution in [2.24, 2.45) is 17.8 Å². The number of hydrogen-bond acceptors (Lipinski definition) is 3. The first-order valence-electron chi connectivity index (χ1n) is 13.2. The number of aryl methyl sites for hydroxylation is 1. The van der Waals surface area contributed by atoms with Crippen LogP contribution in [0.4, 0.5) is 11.4 Å². The summed E-state index contributed by atoms with van der Waals surface area (Å²) in [4.78, 5) is 23.4. The molecule has 2 N–H and O–H groups in total. The van der Waals surface area contributed by atoms with Crippen molar-refractivity contribution in [3.05, 3.63) is 59.7 Å². The zero-order valence-electron chi connectivity index (χ0n) is 22.9. The molecule has 0 heterocycles. The van der Waals surface area contributed by atoms with Crippen molar-refractivity contribution in [3.63, 3.8) is 0 Å². The summed E-state index contributed by atoms with van der Waals surface area (Å²) < 4.78 is 5.31. The van der Waals surface area contributed by atoms with Crippen LogP contribution in [0.2, 0.25) is 0 Å². The van der Waals surface area contributed by atoms with E-state index < -0.39 is 0 Å². The standard InChI is InChI=1S/C19H29NO2.C12H15NO/c1-5-13(2)15-7-9-16(10-8-15)19(21)20-17-11-6-14(3)18(12-17)22-4;1-4-10-7-6-8-12(11(10)5-2)13-9(3)14/h6,11-13,15-16H,5,7-10H2,1-4H3,(H,20,21);4,6-8H,1,5H2,2-3H3,(H,13,14). The van der Waals surface area contributed by atoms with Gasteiger partial charge in [0.1, 0.15) is 5.75 Å². The first-order chi connectivity index (χ1) is 17.2. The molecule has 1 atom stereocenters. The van der Waals surface area contributed by atoms with Crippen LogP contribution in [0.15, 0.2) is 43.0 Å². The van der Waals surface area contributed by atoms with Gasteiger partial charge in [0.15, 0.2) is 0 Å². The third-order valence-electron chi connectivity index (χ3n) is 7.36. The molecule has 0 saturated heterocycles. The smallest absolute Gasteiger partial charge is 0.227 e. The van der Waals surface area contributed by atoms with Crippen molar-refractivity contribution in [2.75, 3.05) is 17.7 Å². The van der Waals surface area contributed by atoms with Crippen molar-refractivity contribution in [2.45, 2.75) is 73.1 Å². The molecule has 1 unspecified atom stereocenters. The highest BCUT2D eigenvalue weighted by atomic mass is 16.5. The Morgan fingerprint density at radius 3 is 2.36 bits per heavy atom. The molecule has 0 spiro atoms. The highest BCUT2D eigenvalue weighted by molar-refractivity contribution is 5.93. The number of ether oxygens (including phenoxy) is 1. The number of rotatable bonds is 8. The Labute approximate surface area is 217 Å². The molecule has 1 fully saturated rings. The molecule has 0 radical (unpaired) electrons. The van der Waals surface area contributed by atoms with Gasteiger partial charge >= 0.3 is 0 Å². The molecule has 0 aliphatic heterocycles. The molecule has 1 aliphatic carbocycles. The van der Waals surface area contributed by atoms with Crippen LogP contribution in [0.1, 0.15) is 76.5 Å². The minimum Gasteiger partial charge on any atom is -0.496 e. The average Bonchev–Trinajstić information content (AvgIpc) is 2.89. The highest BCUT2D eigenvalue weighted by Crippen LogP contribution is 2.35. The van der Waals surface area contributed by atoms with E-state index in [4.69, 9.17) is 4.74 Å². The summed E-state index contributed by atoms with van der Waals surface area (Å²) in [5, 5.41) is 5.86. The Bertz CT molecular complexity index is 1020. The van der Waals surface area contributed by atoms with Crippen molar-refractivity contribution < 1.29 is 14.3 Å². The summed E-state index contributed by atoms with van der Waals surface area (Å²) in [6.07, 6.45) is 8.34. The van der Waals surface area contributed by atoms with Crippen LogP contribution in [0, 0.1) is 24.7 Å². The maximum absolute atomic E-state index is 12.4. The lowest BCUT2D eigenvalue weighted by Crippen LogP contribution is -2.28. The second-order valence-corrected chi connectivity index (χ2v) is 9.78. The lowest BCUT2D eigenvalue weighted by atomic mass is 9.75. The maximum Gasteiger partial charge on any atom is 0.227 e. The number of amides is 2. The van der Waals surface area contributed by atoms with E-state index in [0.717, 1.165) is 64.9 Å². The van der Waals surface area contributed by atoms with E-state index in [2.05, 4.69) is 38.0 Å². The second kappa shape index (κ2) is 14.5. The number of carbonyl (C=O) groups excluding carboxylic acids is 2. The molecule has 0 aromatic heterocycles. The van der Waals surface area contributed by atoms with Gasteiger partial charge in [-0.1, -0.05) is 58.0 Å². The van der Waals surface area contributed by atoms with Crippen molar-refractivity contribution in [3.8, 4) is 5.75 Å². The summed E-state index contributed by atoms with van der Waals surface area (Å²) in [5.41, 5.74) is 5.01. The number of nitrogens with one attached hydrogen (secondary N) is 2. The van der Waals surface area contributed by atoms with Gasteiger partial charge < -0.3 is 15.4 Å². The van der Waals surface area contributed by atoms with Gasteiger partial charge in [0.2, 0.25) is 11.8 Å². The Kier molecular flexibility index (Phi) is 11.7. The Hall–Kier alpha value is -3.08. The summed E-state index contributed by atoms with van der Waals surface area (Å²) in [7, 11) is 1.66. The molecule has 196 valence electrons. The van der Waals surface area contributed by atoms with Crippen molar-refractivity contribution >= 4 is 29.3 Å². The van der Waals surface area contributed by atoms with Gasteiger partial charge in [0.25, 0.3) is 0 Å². The predicted molar refractivity (Wildman–Crippen MR) is 151 cm³/mol. The molecule has 2 aromatic carbocycles. The van der Waals surface area contributed by atoms with Gasteiger partial charge in [0.05, 0.1) is 7.11 Å². The van der Waals surface area contributed by atoms with Gasteiger partial charge in [-0.3, -0.25) is 9.59 Å². The molecule has 5 heteroatoms. The molecule has 1 saturated carbocycles. The zero-order valence-corrected chi connectivity index (χ0v) is 22.9. The lowest BCUT2D eigenvalue weighted by molar-refractivity contribution is -0.121. The first-order valence-corrected chi connectivity index (χ1v) is 13.2. The molecular weight excluding hydrogens is 448 g/mol. The van der Waals surface area contributed by atoms with Gasteiger partial charge in [-0.15, -0.1) is 0 Å². The van der Waals surface area contributed by atoms with Crippen LogP contribution in [-0.4, -0.2) is 18.9 Å². The van der Waals surface area contributed by atoms with Gasteiger partial charge in [-0.25, -0.2) is 0 Å². The summed E-state index contributed by atoms with van der Waals surface area (Å²) in [6, 6.07) is 11.7. The van der Waals surface area contributed by atoms with Gasteiger partial charge in [0, 0.05) is 30.3 Å². The van der Waals surface area contributed by atoms with Crippen molar-refractivity contribution in [1.82, 2.24) is 0 Å². The molecule has 2 amide bonds. The van der Waals surface area contributed by atoms with Crippen LogP contribution >= 0.6 is 0 Å². The molecule has 3 rings (SSSR count). The fourth-order valence-corrected chi connectivity index (χ4v) is 4.92. The number of hydrogen-bond donors (Lipinski definition) is 2. The Balaban J connectivity index is 0.000000281. The largest absolute Gasteiger partial charge is 0.496 e. The molecule has 5 nitrogen and oxygen atoms in total. The third kappa shape index (κ3) is 8.25. The van der Waals surface area contributed by atoms with Crippen LogP contribution in [0.25, 0.3) is 6.08 Å². The molecule has 36 heavy (non-hydrogen) atoms. The maximum atomic E-state index is 12.4. The van der Waals surface area contributed by atoms with E-state index in [1.165, 1.54) is 26.2 Å². The SMILES string of the molecule is C=Cc1cccc(NC(C)=O)c1CC.CCC(C)C1CCC(C(=O)Nc2ccc(C)c(OC)c2)CC1. The zero-order chi connectivity index (χ0) is 26.7. The number of anilines is 2. The summed E-state index contributed by atoms with van der Waals surface area (Å²) in [6.45, 7) is 13.9. The third-order valence-corrected chi connectivity index (χ3v) is 7.36. The highest BCUT2D eigenvalue weighted by Gasteiger charge is 2.28. The minimum atomic E-state index is -0.0408. The first kappa shape index (κ1) is 29.2. The topological polar surface area (TPSA) is 67.4 Å². The van der Waals surface area contributed by atoms with Gasteiger partial charge in [-0.05, 0) is 79.7 Å². The Morgan fingerprint density at radius 1 is 1.11 bits per heavy atom. The summed E-state index contributed by atoms with van der Waals surface area (Å²) in [5.74, 6) is 2.68. The van der Waals surface area contributed by atoms with Crippen molar-refractivity contribution in [1.29, 1.82) is 0 Å². The number of carbonyl (C=O) groups is 2. The van der Waals surface area contributed by atoms with E-state index in [-0.39, 0.29) is 17.7 Å². The lowest BCUT2D eigenvalue weighted by Gasteiger charge is -2.31. The number of benzene rings is 2. The average molecular weight is 493 g/mol. The minimum absolute atomic E-state index is 0.0408. The molecule has 1 aliphatic rings. The molecule has 2 aromatic rings. The van der Waals surface area contributed by atoms with E-state index in [1.54, 1.807) is 7.11 Å². The molecular formula is C31H44N2O3. The second-order valence-electron chi connectivity index (χ2n) is 9.78. The monoisotopic (exact) mass is 492 g/mol. The fourth-order valence-electron chi connectivity index (χ4n) is 4.92. The summed E-state index contributed by atoms with van der Waals surface area (Å²) >= 11 is 0. The van der Waals surface area contributed by atoms with E-state index in [9.17, 15) is 9.59 Å². The fraction of sp³-hybridized carbons (Fsp3) is 0.484. The van der Waals surface area contributed by atoms with E-state index in [0.29, 0.717) is 0 Å². The Morgan fingerprint density at radius 2 is 1.81 bits per heavy atom. The van der Waals surface area contributed by atoms with E-state index >= 15 is 0 Å². The van der Waals surface area contributed by atoms with Crippen LogP contribution < -0.4 is 15.4 Å².